The van der Waals surface area contributed by atoms with Gasteiger partial charge < -0.3 is 15.1 Å². The molecule has 4 nitrogen and oxygen atoms in total. The summed E-state index contributed by atoms with van der Waals surface area (Å²) < 4.78 is 39.3. The highest BCUT2D eigenvalue weighted by molar-refractivity contribution is 5.90. The van der Waals surface area contributed by atoms with E-state index in [0.29, 0.717) is 19.0 Å². The molecule has 1 N–H and O–H groups in total. The third-order valence-corrected chi connectivity index (χ3v) is 5.84. The number of hydrogen-bond donors (Lipinski definition) is 1. The van der Waals surface area contributed by atoms with Crippen LogP contribution in [0.4, 0.5) is 23.7 Å². The van der Waals surface area contributed by atoms with E-state index in [2.05, 4.69) is 24.1 Å². The van der Waals surface area contributed by atoms with Gasteiger partial charge in [-0.3, -0.25) is 0 Å². The molecule has 0 radical (unpaired) electrons. The molecule has 3 rings (SSSR count). The molecule has 2 heterocycles. The molecule has 2 aliphatic rings. The smallest absolute Gasteiger partial charge is 0.325 e. The van der Waals surface area contributed by atoms with Crippen molar-refractivity contribution in [2.75, 3.05) is 38.0 Å². The van der Waals surface area contributed by atoms with Crippen LogP contribution in [0.15, 0.2) is 24.3 Å². The van der Waals surface area contributed by atoms with Gasteiger partial charge in [0.2, 0.25) is 0 Å². The van der Waals surface area contributed by atoms with Crippen molar-refractivity contribution in [2.24, 2.45) is 17.8 Å². The van der Waals surface area contributed by atoms with Gasteiger partial charge in [0, 0.05) is 32.7 Å². The molecule has 0 spiro atoms. The number of carbonyl (C=O) groups excluding carboxylic acids is 1. The first-order valence-electron chi connectivity index (χ1n) is 10.2. The molecule has 0 unspecified atom stereocenters. The van der Waals surface area contributed by atoms with E-state index in [9.17, 15) is 18.0 Å². The Hall–Kier alpha value is -1.76. The van der Waals surface area contributed by atoms with E-state index in [1.165, 1.54) is 24.6 Å². The molecule has 156 valence electrons. The largest absolute Gasteiger partial charge is 0.418 e. The number of para-hydroxylation sites is 1. The van der Waals surface area contributed by atoms with Gasteiger partial charge in [0.15, 0.2) is 0 Å². The molecule has 2 atom stereocenters. The van der Waals surface area contributed by atoms with E-state index in [1.54, 1.807) is 4.90 Å². The van der Waals surface area contributed by atoms with Crippen molar-refractivity contribution in [3.05, 3.63) is 29.8 Å². The van der Waals surface area contributed by atoms with Crippen LogP contribution in [0.25, 0.3) is 0 Å². The normalized spacial score (nSPS) is 25.0. The summed E-state index contributed by atoms with van der Waals surface area (Å²) in [5, 5.41) is 2.45. The van der Waals surface area contributed by atoms with Crippen LogP contribution >= 0.6 is 0 Å². The Bertz CT molecular complexity index is 661. The summed E-state index contributed by atoms with van der Waals surface area (Å²) in [5.41, 5.74) is -0.995. The minimum Gasteiger partial charge on any atom is -0.325 e. The molecular weight excluding hydrogens is 367 g/mol. The van der Waals surface area contributed by atoms with Gasteiger partial charge in [0.25, 0.3) is 0 Å². The highest BCUT2D eigenvalue weighted by atomic mass is 19.4. The second-order valence-corrected chi connectivity index (χ2v) is 8.57. The summed E-state index contributed by atoms with van der Waals surface area (Å²) in [4.78, 5) is 16.6. The number of hydrogen-bond acceptors (Lipinski definition) is 2. The summed E-state index contributed by atoms with van der Waals surface area (Å²) in [6.45, 7) is 9.11. The Morgan fingerprint density at radius 1 is 1.11 bits per heavy atom. The Labute approximate surface area is 165 Å². The standard InChI is InChI=1S/C21H30F3N3O/c1-15-11-16(2)13-26(12-15)14-17-7-9-27(10-8-17)20(28)25-19-6-4-3-5-18(19)21(22,23)24/h3-6,15-17H,7-14H2,1-2H3,(H,25,28)/t15-,16-/m0/s1. The average molecular weight is 397 g/mol. The fourth-order valence-corrected chi connectivity index (χ4v) is 4.66. The molecule has 2 saturated heterocycles. The first kappa shape index (κ1) is 21.0. The predicted molar refractivity (Wildman–Crippen MR) is 104 cm³/mol. The lowest BCUT2D eigenvalue weighted by Crippen LogP contribution is -2.46. The second-order valence-electron chi connectivity index (χ2n) is 8.57. The van der Waals surface area contributed by atoms with E-state index in [4.69, 9.17) is 0 Å². The van der Waals surface area contributed by atoms with Crippen LogP contribution in [-0.2, 0) is 6.18 Å². The van der Waals surface area contributed by atoms with Crippen LogP contribution in [0.2, 0.25) is 0 Å². The predicted octanol–water partition coefficient (Wildman–Crippen LogP) is 4.93. The van der Waals surface area contributed by atoms with Gasteiger partial charge in [-0.2, -0.15) is 13.2 Å². The van der Waals surface area contributed by atoms with Crippen molar-refractivity contribution in [1.82, 2.24) is 9.80 Å². The molecule has 2 amide bonds. The molecular formula is C21H30F3N3O. The minimum absolute atomic E-state index is 0.182. The highest BCUT2D eigenvalue weighted by Crippen LogP contribution is 2.34. The Balaban J connectivity index is 1.51. The first-order chi connectivity index (χ1) is 13.2. The van der Waals surface area contributed by atoms with Crippen molar-refractivity contribution in [1.29, 1.82) is 0 Å². The number of nitrogens with one attached hydrogen (secondary N) is 1. The van der Waals surface area contributed by atoms with Crippen LogP contribution < -0.4 is 5.32 Å². The lowest BCUT2D eigenvalue weighted by Gasteiger charge is -2.39. The van der Waals surface area contributed by atoms with E-state index in [1.807, 2.05) is 0 Å². The molecule has 0 aromatic heterocycles. The summed E-state index contributed by atoms with van der Waals surface area (Å²) in [6, 6.07) is 4.66. The zero-order chi connectivity index (χ0) is 20.3. The number of urea groups is 1. The molecule has 1 aromatic carbocycles. The Morgan fingerprint density at radius 2 is 1.71 bits per heavy atom. The van der Waals surface area contributed by atoms with E-state index in [-0.39, 0.29) is 5.69 Å². The minimum atomic E-state index is -4.49. The third kappa shape index (κ3) is 5.40. The number of rotatable bonds is 3. The first-order valence-corrected chi connectivity index (χ1v) is 10.2. The number of likely N-dealkylation sites (tertiary alicyclic amines) is 2. The molecule has 28 heavy (non-hydrogen) atoms. The number of benzene rings is 1. The van der Waals surface area contributed by atoms with Crippen molar-refractivity contribution in [3.8, 4) is 0 Å². The number of anilines is 1. The summed E-state index contributed by atoms with van der Waals surface area (Å²) >= 11 is 0. The number of piperidine rings is 2. The quantitative estimate of drug-likeness (QED) is 0.785. The van der Waals surface area contributed by atoms with Crippen LogP contribution in [0.5, 0.6) is 0 Å². The number of halogens is 3. The van der Waals surface area contributed by atoms with Gasteiger partial charge in [-0.25, -0.2) is 4.79 Å². The van der Waals surface area contributed by atoms with Gasteiger partial charge in [0.1, 0.15) is 0 Å². The number of amides is 2. The van der Waals surface area contributed by atoms with Crippen molar-refractivity contribution >= 4 is 11.7 Å². The molecule has 1 aromatic rings. The van der Waals surface area contributed by atoms with Gasteiger partial charge in [-0.15, -0.1) is 0 Å². The Kier molecular flexibility index (Phi) is 6.53. The van der Waals surface area contributed by atoms with E-state index >= 15 is 0 Å². The van der Waals surface area contributed by atoms with Crippen LogP contribution in [0, 0.1) is 17.8 Å². The zero-order valence-corrected chi connectivity index (χ0v) is 16.6. The van der Waals surface area contributed by atoms with E-state index in [0.717, 1.165) is 50.4 Å². The van der Waals surface area contributed by atoms with E-state index < -0.39 is 17.8 Å². The van der Waals surface area contributed by atoms with Crippen LogP contribution in [0.1, 0.15) is 38.7 Å². The maximum atomic E-state index is 13.1. The molecule has 0 bridgehead atoms. The van der Waals surface area contributed by atoms with Crippen molar-refractivity contribution in [3.63, 3.8) is 0 Å². The summed E-state index contributed by atoms with van der Waals surface area (Å²) in [7, 11) is 0. The zero-order valence-electron chi connectivity index (χ0n) is 16.6. The molecule has 2 fully saturated rings. The van der Waals surface area contributed by atoms with Gasteiger partial charge in [-0.05, 0) is 49.1 Å². The maximum absolute atomic E-state index is 13.1. The van der Waals surface area contributed by atoms with Crippen molar-refractivity contribution < 1.29 is 18.0 Å². The number of nitrogens with zero attached hydrogens (tertiary/aromatic N) is 2. The van der Waals surface area contributed by atoms with Crippen LogP contribution in [0.3, 0.4) is 0 Å². The fraction of sp³-hybridized carbons (Fsp3) is 0.667. The third-order valence-electron chi connectivity index (χ3n) is 5.84. The molecule has 7 heteroatoms. The monoisotopic (exact) mass is 397 g/mol. The molecule has 0 saturated carbocycles. The number of alkyl halides is 3. The number of carbonyl (C=O) groups is 1. The van der Waals surface area contributed by atoms with Gasteiger partial charge in [-0.1, -0.05) is 26.0 Å². The Morgan fingerprint density at radius 3 is 2.32 bits per heavy atom. The van der Waals surface area contributed by atoms with Gasteiger partial charge in [0.05, 0.1) is 11.3 Å². The average Bonchev–Trinajstić information content (AvgIpc) is 2.61. The second kappa shape index (κ2) is 8.72. The molecule has 0 aliphatic carbocycles. The topological polar surface area (TPSA) is 35.6 Å². The molecule has 2 aliphatic heterocycles. The lowest BCUT2D eigenvalue weighted by atomic mass is 9.89. The fourth-order valence-electron chi connectivity index (χ4n) is 4.66. The SMILES string of the molecule is C[C@H]1C[C@H](C)CN(CC2CCN(C(=O)Nc3ccccc3C(F)(F)F)CC2)C1. The van der Waals surface area contributed by atoms with Crippen LogP contribution in [-0.4, -0.2) is 48.6 Å². The lowest BCUT2D eigenvalue weighted by molar-refractivity contribution is -0.136. The summed E-state index contributed by atoms with van der Waals surface area (Å²) in [5.74, 6) is 2.00. The maximum Gasteiger partial charge on any atom is 0.418 e. The van der Waals surface area contributed by atoms with Gasteiger partial charge >= 0.3 is 12.2 Å². The highest BCUT2D eigenvalue weighted by Gasteiger charge is 2.34. The van der Waals surface area contributed by atoms with Crippen molar-refractivity contribution in [2.45, 2.75) is 39.3 Å². The summed E-state index contributed by atoms with van der Waals surface area (Å²) in [6.07, 6.45) is -1.41.